The maximum atomic E-state index is 12.2. The highest BCUT2D eigenvalue weighted by atomic mass is 32.2. The Hall–Kier alpha value is -1.60. The van der Waals surface area contributed by atoms with Gasteiger partial charge < -0.3 is 4.74 Å². The molecule has 0 aliphatic heterocycles. The number of hydrogen-bond donors (Lipinski definition) is 1. The fraction of sp³-hybridized carbons (Fsp3) is 0.250. The third-order valence-electron chi connectivity index (χ3n) is 2.52. The van der Waals surface area contributed by atoms with Crippen LogP contribution < -0.4 is 9.46 Å². The van der Waals surface area contributed by atoms with E-state index in [-0.39, 0.29) is 4.90 Å². The number of thiazole rings is 1. The summed E-state index contributed by atoms with van der Waals surface area (Å²) < 4.78 is 31.9. The van der Waals surface area contributed by atoms with Crippen molar-refractivity contribution in [2.24, 2.45) is 0 Å². The first-order valence-electron chi connectivity index (χ1n) is 5.52. The molecule has 102 valence electrons. The van der Waals surface area contributed by atoms with Gasteiger partial charge in [0.15, 0.2) is 5.13 Å². The van der Waals surface area contributed by atoms with Crippen molar-refractivity contribution in [3.8, 4) is 5.75 Å². The van der Waals surface area contributed by atoms with E-state index in [0.29, 0.717) is 10.9 Å². The zero-order valence-corrected chi connectivity index (χ0v) is 12.4. The molecule has 0 radical (unpaired) electrons. The SMILES string of the molecule is COc1ccc(S(=O)(=O)Nc2nc(C)cs2)cc1C. The largest absolute Gasteiger partial charge is 0.496 e. The van der Waals surface area contributed by atoms with E-state index in [1.165, 1.54) is 17.4 Å². The zero-order valence-electron chi connectivity index (χ0n) is 10.8. The number of hydrogen-bond acceptors (Lipinski definition) is 5. The molecule has 7 heteroatoms. The first kappa shape index (κ1) is 13.8. The van der Waals surface area contributed by atoms with E-state index in [9.17, 15) is 8.42 Å². The molecule has 0 saturated carbocycles. The minimum absolute atomic E-state index is 0.193. The third-order valence-corrected chi connectivity index (χ3v) is 4.86. The summed E-state index contributed by atoms with van der Waals surface area (Å²) in [7, 11) is -2.06. The van der Waals surface area contributed by atoms with E-state index in [1.807, 2.05) is 6.92 Å². The molecule has 2 rings (SSSR count). The van der Waals surface area contributed by atoms with Crippen LogP contribution in [0.1, 0.15) is 11.3 Å². The topological polar surface area (TPSA) is 68.3 Å². The Balaban J connectivity index is 2.31. The van der Waals surface area contributed by atoms with Crippen molar-refractivity contribution < 1.29 is 13.2 Å². The van der Waals surface area contributed by atoms with Crippen molar-refractivity contribution in [2.45, 2.75) is 18.7 Å². The van der Waals surface area contributed by atoms with Crippen LogP contribution in [0.4, 0.5) is 5.13 Å². The molecule has 0 unspecified atom stereocenters. The molecule has 0 atom stereocenters. The van der Waals surface area contributed by atoms with Gasteiger partial charge in [0.25, 0.3) is 10.0 Å². The monoisotopic (exact) mass is 298 g/mol. The fourth-order valence-corrected chi connectivity index (χ4v) is 3.62. The summed E-state index contributed by atoms with van der Waals surface area (Å²) in [5, 5.41) is 2.16. The third kappa shape index (κ3) is 3.05. The van der Waals surface area contributed by atoms with Gasteiger partial charge in [-0.15, -0.1) is 11.3 Å². The molecule has 0 fully saturated rings. The van der Waals surface area contributed by atoms with Crippen molar-refractivity contribution in [2.75, 3.05) is 11.8 Å². The Bertz CT molecular complexity index is 693. The second kappa shape index (κ2) is 5.18. The average Bonchev–Trinajstić information content (AvgIpc) is 2.73. The molecule has 1 aromatic heterocycles. The van der Waals surface area contributed by atoms with E-state index in [2.05, 4.69) is 9.71 Å². The number of aryl methyl sites for hydroxylation is 2. The number of sulfonamides is 1. The van der Waals surface area contributed by atoms with Gasteiger partial charge in [-0.25, -0.2) is 13.4 Å². The van der Waals surface area contributed by atoms with E-state index in [4.69, 9.17) is 4.74 Å². The summed E-state index contributed by atoms with van der Waals surface area (Å²) in [6.07, 6.45) is 0. The lowest BCUT2D eigenvalue weighted by molar-refractivity contribution is 0.411. The van der Waals surface area contributed by atoms with Crippen molar-refractivity contribution >= 4 is 26.5 Å². The number of anilines is 1. The van der Waals surface area contributed by atoms with Crippen LogP contribution in [0.15, 0.2) is 28.5 Å². The van der Waals surface area contributed by atoms with E-state index in [1.54, 1.807) is 31.5 Å². The lowest BCUT2D eigenvalue weighted by Crippen LogP contribution is -2.13. The van der Waals surface area contributed by atoms with Crippen molar-refractivity contribution in [3.63, 3.8) is 0 Å². The molecule has 0 spiro atoms. The molecule has 0 bridgehead atoms. The Labute approximate surface area is 116 Å². The Morgan fingerprint density at radius 3 is 2.58 bits per heavy atom. The highest BCUT2D eigenvalue weighted by Crippen LogP contribution is 2.24. The average molecular weight is 298 g/mol. The Morgan fingerprint density at radius 1 is 1.32 bits per heavy atom. The Morgan fingerprint density at radius 2 is 2.05 bits per heavy atom. The lowest BCUT2D eigenvalue weighted by atomic mass is 10.2. The normalized spacial score (nSPS) is 11.3. The standard InChI is InChI=1S/C12H14N2O3S2/c1-8-6-10(4-5-11(8)17-3)19(15,16)14-12-13-9(2)7-18-12/h4-7H,1-3H3,(H,13,14). The van der Waals surface area contributed by atoms with Gasteiger partial charge in [0.1, 0.15) is 5.75 Å². The maximum absolute atomic E-state index is 12.2. The highest BCUT2D eigenvalue weighted by molar-refractivity contribution is 7.93. The minimum Gasteiger partial charge on any atom is -0.496 e. The summed E-state index contributed by atoms with van der Waals surface area (Å²) in [4.78, 5) is 4.27. The van der Waals surface area contributed by atoms with Gasteiger partial charge in [0.05, 0.1) is 17.7 Å². The Kier molecular flexibility index (Phi) is 3.77. The summed E-state index contributed by atoms with van der Waals surface area (Å²) >= 11 is 1.26. The van der Waals surface area contributed by atoms with Crippen LogP contribution in [-0.2, 0) is 10.0 Å². The molecule has 1 heterocycles. The fourth-order valence-electron chi connectivity index (χ4n) is 1.59. The van der Waals surface area contributed by atoms with Gasteiger partial charge >= 0.3 is 0 Å². The van der Waals surface area contributed by atoms with Gasteiger partial charge in [0, 0.05) is 5.38 Å². The highest BCUT2D eigenvalue weighted by Gasteiger charge is 2.17. The van der Waals surface area contributed by atoms with Crippen LogP contribution in [0.5, 0.6) is 5.75 Å². The first-order chi connectivity index (χ1) is 8.92. The summed E-state index contributed by atoms with van der Waals surface area (Å²) in [6, 6.07) is 4.72. The molecule has 5 nitrogen and oxygen atoms in total. The van der Waals surface area contributed by atoms with Crippen LogP contribution >= 0.6 is 11.3 Å². The smallest absolute Gasteiger partial charge is 0.263 e. The van der Waals surface area contributed by atoms with E-state index >= 15 is 0 Å². The predicted molar refractivity (Wildman–Crippen MR) is 75.4 cm³/mol. The van der Waals surface area contributed by atoms with Gasteiger partial charge in [-0.3, -0.25) is 4.72 Å². The molecule has 1 N–H and O–H groups in total. The second-order valence-corrected chi connectivity index (χ2v) is 6.57. The zero-order chi connectivity index (χ0) is 14.0. The number of nitrogens with one attached hydrogen (secondary N) is 1. The molecule has 0 amide bonds. The van der Waals surface area contributed by atoms with Crippen LogP contribution in [0.3, 0.4) is 0 Å². The molecule has 0 aliphatic rings. The quantitative estimate of drug-likeness (QED) is 0.942. The molecule has 2 aromatic rings. The van der Waals surface area contributed by atoms with Gasteiger partial charge in [-0.2, -0.15) is 0 Å². The predicted octanol–water partition coefficient (Wildman–Crippen LogP) is 2.57. The van der Waals surface area contributed by atoms with Crippen LogP contribution in [0, 0.1) is 13.8 Å². The molecular formula is C12H14N2O3S2. The van der Waals surface area contributed by atoms with Gasteiger partial charge in [0.2, 0.25) is 0 Å². The number of methoxy groups -OCH3 is 1. The number of aromatic nitrogens is 1. The lowest BCUT2D eigenvalue weighted by Gasteiger charge is -2.08. The van der Waals surface area contributed by atoms with E-state index in [0.717, 1.165) is 11.3 Å². The van der Waals surface area contributed by atoms with Crippen molar-refractivity contribution in [1.82, 2.24) is 4.98 Å². The molecule has 0 aliphatic carbocycles. The number of benzene rings is 1. The molecule has 19 heavy (non-hydrogen) atoms. The molecule has 1 aromatic carbocycles. The number of nitrogens with zero attached hydrogens (tertiary/aromatic N) is 1. The maximum Gasteiger partial charge on any atom is 0.263 e. The summed E-state index contributed by atoms with van der Waals surface area (Å²) in [5.41, 5.74) is 1.55. The van der Waals surface area contributed by atoms with E-state index < -0.39 is 10.0 Å². The summed E-state index contributed by atoms with van der Waals surface area (Å²) in [5.74, 6) is 0.657. The van der Waals surface area contributed by atoms with Gasteiger partial charge in [-0.1, -0.05) is 0 Å². The van der Waals surface area contributed by atoms with Crippen LogP contribution in [0.25, 0.3) is 0 Å². The first-order valence-corrected chi connectivity index (χ1v) is 7.88. The van der Waals surface area contributed by atoms with Crippen molar-refractivity contribution in [1.29, 1.82) is 0 Å². The van der Waals surface area contributed by atoms with Crippen LogP contribution in [-0.4, -0.2) is 20.5 Å². The molecule has 0 saturated heterocycles. The van der Waals surface area contributed by atoms with Crippen molar-refractivity contribution in [3.05, 3.63) is 34.8 Å². The van der Waals surface area contributed by atoms with Crippen LogP contribution in [0.2, 0.25) is 0 Å². The minimum atomic E-state index is -3.61. The summed E-state index contributed by atoms with van der Waals surface area (Å²) in [6.45, 7) is 3.61. The molecular weight excluding hydrogens is 284 g/mol. The number of ether oxygens (including phenoxy) is 1. The second-order valence-electron chi connectivity index (χ2n) is 4.03. The van der Waals surface area contributed by atoms with Gasteiger partial charge in [-0.05, 0) is 37.6 Å². The number of rotatable bonds is 4.